The van der Waals surface area contributed by atoms with Gasteiger partial charge in [-0.15, -0.1) is 0 Å². The van der Waals surface area contributed by atoms with Crippen LogP contribution in [0.15, 0.2) is 22.3 Å². The van der Waals surface area contributed by atoms with Crippen LogP contribution in [0.5, 0.6) is 5.75 Å². The number of aryl methyl sites for hydroxylation is 1. The Labute approximate surface area is 170 Å². The van der Waals surface area contributed by atoms with E-state index in [1.54, 1.807) is 33.1 Å². The summed E-state index contributed by atoms with van der Waals surface area (Å²) in [6, 6.07) is 0. The van der Waals surface area contributed by atoms with Crippen molar-refractivity contribution in [3.63, 3.8) is 0 Å². The summed E-state index contributed by atoms with van der Waals surface area (Å²) in [4.78, 5) is 24.3. The second-order valence-electron chi connectivity index (χ2n) is 7.59. The highest BCUT2D eigenvalue weighted by Gasteiger charge is 2.34. The number of fused-ring (bicyclic) bond motifs is 2. The average molecular weight is 400 g/mol. The van der Waals surface area contributed by atoms with Gasteiger partial charge in [0.15, 0.2) is 11.3 Å². The van der Waals surface area contributed by atoms with E-state index in [0.29, 0.717) is 29.7 Å². The van der Waals surface area contributed by atoms with Crippen LogP contribution in [0.25, 0.3) is 11.0 Å². The van der Waals surface area contributed by atoms with Gasteiger partial charge in [0.1, 0.15) is 6.61 Å². The number of ether oxygens (including phenoxy) is 2. The molecule has 0 unspecified atom stereocenters. The van der Waals surface area contributed by atoms with E-state index in [1.165, 1.54) is 0 Å². The molecule has 0 bridgehead atoms. The van der Waals surface area contributed by atoms with E-state index < -0.39 is 6.10 Å². The van der Waals surface area contributed by atoms with Crippen molar-refractivity contribution in [2.24, 2.45) is 0 Å². The SMILES string of the molecule is CC=C(C)C(=O)OCc1c2c(c(OC(=O)CC)c3occ(C)c13)CC[C@H](O)[C@@H]2C. The summed E-state index contributed by atoms with van der Waals surface area (Å²) in [6.45, 7) is 9.13. The molecular formula is C23H28O6. The Morgan fingerprint density at radius 1 is 1.38 bits per heavy atom. The van der Waals surface area contributed by atoms with Crippen LogP contribution in [0.4, 0.5) is 0 Å². The smallest absolute Gasteiger partial charge is 0.333 e. The van der Waals surface area contributed by atoms with E-state index in [4.69, 9.17) is 13.9 Å². The van der Waals surface area contributed by atoms with Crippen LogP contribution in [0, 0.1) is 6.92 Å². The number of hydrogen-bond donors (Lipinski definition) is 1. The maximum Gasteiger partial charge on any atom is 0.333 e. The van der Waals surface area contributed by atoms with Gasteiger partial charge in [0, 0.05) is 34.4 Å². The molecule has 156 valence electrons. The second-order valence-corrected chi connectivity index (χ2v) is 7.59. The van der Waals surface area contributed by atoms with Crippen LogP contribution in [0.3, 0.4) is 0 Å². The predicted molar refractivity (Wildman–Crippen MR) is 109 cm³/mol. The van der Waals surface area contributed by atoms with Gasteiger partial charge in [-0.05, 0) is 44.7 Å². The molecular weight excluding hydrogens is 372 g/mol. The molecule has 29 heavy (non-hydrogen) atoms. The zero-order chi connectivity index (χ0) is 21.3. The first kappa shape index (κ1) is 21.1. The number of furan rings is 1. The zero-order valence-corrected chi connectivity index (χ0v) is 17.6. The number of aliphatic hydroxyl groups excluding tert-OH is 1. The minimum Gasteiger partial charge on any atom is -0.460 e. The quantitative estimate of drug-likeness (QED) is 0.453. The maximum absolute atomic E-state index is 12.2. The van der Waals surface area contributed by atoms with Gasteiger partial charge in [0.25, 0.3) is 0 Å². The standard InChI is InChI=1S/C23H28O6/c1-6-12(3)23(26)28-11-16-19-13(4)10-27-22(19)21(29-18(25)7-2)15-8-9-17(24)14(5)20(15)16/h6,10,14,17,24H,7-9,11H2,1-5H3/t14-,17-/m0/s1. The lowest BCUT2D eigenvalue weighted by Crippen LogP contribution is -2.26. The molecule has 1 aromatic carbocycles. The summed E-state index contributed by atoms with van der Waals surface area (Å²) < 4.78 is 17.0. The molecule has 0 fully saturated rings. The Bertz CT molecular complexity index is 981. The van der Waals surface area contributed by atoms with Gasteiger partial charge in [0.05, 0.1) is 12.4 Å². The van der Waals surface area contributed by atoms with Crippen LogP contribution in [-0.4, -0.2) is 23.1 Å². The summed E-state index contributed by atoms with van der Waals surface area (Å²) in [6.07, 6.45) is 4.16. The van der Waals surface area contributed by atoms with Crippen molar-refractivity contribution in [2.75, 3.05) is 0 Å². The van der Waals surface area contributed by atoms with E-state index in [-0.39, 0.29) is 30.9 Å². The lowest BCUT2D eigenvalue weighted by Gasteiger charge is -2.31. The minimum atomic E-state index is -0.520. The number of carbonyl (C=O) groups excluding carboxylic acids is 2. The molecule has 0 spiro atoms. The normalized spacial score (nSPS) is 19.2. The van der Waals surface area contributed by atoms with Gasteiger partial charge in [-0.2, -0.15) is 0 Å². The molecule has 1 aromatic heterocycles. The van der Waals surface area contributed by atoms with Crippen molar-refractivity contribution < 1.29 is 28.6 Å². The third kappa shape index (κ3) is 3.81. The Morgan fingerprint density at radius 2 is 2.10 bits per heavy atom. The van der Waals surface area contributed by atoms with Crippen molar-refractivity contribution in [3.05, 3.63) is 40.2 Å². The van der Waals surface area contributed by atoms with Crippen molar-refractivity contribution in [2.45, 2.75) is 72.5 Å². The van der Waals surface area contributed by atoms with E-state index in [0.717, 1.165) is 27.6 Å². The molecule has 2 aromatic rings. The molecule has 1 aliphatic carbocycles. The zero-order valence-electron chi connectivity index (χ0n) is 17.6. The van der Waals surface area contributed by atoms with Crippen LogP contribution in [0.2, 0.25) is 0 Å². The number of rotatable bonds is 5. The molecule has 1 aliphatic rings. The highest BCUT2D eigenvalue weighted by Crippen LogP contribution is 2.46. The number of carbonyl (C=O) groups is 2. The molecule has 0 saturated heterocycles. The van der Waals surface area contributed by atoms with Crippen LogP contribution >= 0.6 is 0 Å². The first-order valence-corrected chi connectivity index (χ1v) is 10.0. The molecule has 6 heteroatoms. The van der Waals surface area contributed by atoms with Crippen LogP contribution in [-0.2, 0) is 27.4 Å². The topological polar surface area (TPSA) is 86.0 Å². The Morgan fingerprint density at radius 3 is 2.76 bits per heavy atom. The predicted octanol–water partition coefficient (Wildman–Crippen LogP) is 4.48. The van der Waals surface area contributed by atoms with E-state index in [2.05, 4.69) is 0 Å². The summed E-state index contributed by atoms with van der Waals surface area (Å²) in [7, 11) is 0. The fourth-order valence-corrected chi connectivity index (χ4v) is 3.91. The fraction of sp³-hybridized carbons (Fsp3) is 0.478. The molecule has 6 nitrogen and oxygen atoms in total. The average Bonchev–Trinajstić information content (AvgIpc) is 3.10. The molecule has 1 N–H and O–H groups in total. The van der Waals surface area contributed by atoms with Crippen molar-refractivity contribution in [1.82, 2.24) is 0 Å². The van der Waals surface area contributed by atoms with E-state index >= 15 is 0 Å². The van der Waals surface area contributed by atoms with Crippen molar-refractivity contribution >= 4 is 22.9 Å². The first-order valence-electron chi connectivity index (χ1n) is 10.0. The van der Waals surface area contributed by atoms with Gasteiger partial charge in [-0.1, -0.05) is 19.9 Å². The van der Waals surface area contributed by atoms with Gasteiger partial charge in [-0.25, -0.2) is 4.79 Å². The summed E-state index contributed by atoms with van der Waals surface area (Å²) in [5, 5.41) is 11.3. The molecule has 0 aliphatic heterocycles. The first-order chi connectivity index (χ1) is 13.8. The molecule has 2 atom stereocenters. The van der Waals surface area contributed by atoms with Gasteiger partial charge in [0.2, 0.25) is 0 Å². The lowest BCUT2D eigenvalue weighted by atomic mass is 9.77. The Kier molecular flexibility index (Phi) is 6.13. The molecule has 3 rings (SSSR count). The Hall–Kier alpha value is -2.60. The van der Waals surface area contributed by atoms with E-state index in [9.17, 15) is 14.7 Å². The monoisotopic (exact) mass is 400 g/mol. The van der Waals surface area contributed by atoms with E-state index in [1.807, 2.05) is 13.8 Å². The highest BCUT2D eigenvalue weighted by molar-refractivity contribution is 5.94. The summed E-state index contributed by atoms with van der Waals surface area (Å²) in [5.74, 6) is -0.494. The van der Waals surface area contributed by atoms with Gasteiger partial charge < -0.3 is 19.0 Å². The minimum absolute atomic E-state index is 0.0578. The lowest BCUT2D eigenvalue weighted by molar-refractivity contribution is -0.140. The maximum atomic E-state index is 12.2. The van der Waals surface area contributed by atoms with Gasteiger partial charge >= 0.3 is 11.9 Å². The van der Waals surface area contributed by atoms with Gasteiger partial charge in [-0.3, -0.25) is 4.79 Å². The second kappa shape index (κ2) is 8.41. The molecule has 0 saturated carbocycles. The third-order valence-corrected chi connectivity index (χ3v) is 5.74. The summed E-state index contributed by atoms with van der Waals surface area (Å²) in [5.41, 5.74) is 4.41. The number of allylic oxidation sites excluding steroid dienone is 1. The number of esters is 2. The van der Waals surface area contributed by atoms with Crippen LogP contribution in [0.1, 0.15) is 68.7 Å². The molecule has 1 heterocycles. The van der Waals surface area contributed by atoms with Crippen molar-refractivity contribution in [3.8, 4) is 5.75 Å². The number of hydrogen-bond acceptors (Lipinski definition) is 6. The van der Waals surface area contributed by atoms with Crippen molar-refractivity contribution in [1.29, 1.82) is 0 Å². The molecule has 0 radical (unpaired) electrons. The highest BCUT2D eigenvalue weighted by atomic mass is 16.5. The third-order valence-electron chi connectivity index (χ3n) is 5.74. The largest absolute Gasteiger partial charge is 0.460 e. The fourth-order valence-electron chi connectivity index (χ4n) is 3.91. The number of aliphatic hydroxyl groups is 1. The molecule has 0 amide bonds. The van der Waals surface area contributed by atoms with Crippen LogP contribution < -0.4 is 4.74 Å². The Balaban J connectivity index is 2.21. The number of benzene rings is 1. The summed E-state index contributed by atoms with van der Waals surface area (Å²) >= 11 is 0.